The number of rotatable bonds is 4. The zero-order valence-corrected chi connectivity index (χ0v) is 10.2. The predicted molar refractivity (Wildman–Crippen MR) is 69.3 cm³/mol. The smallest absolute Gasteiger partial charge is 0.216 e. The summed E-state index contributed by atoms with van der Waals surface area (Å²) in [6, 6.07) is 6.26. The first-order valence-corrected chi connectivity index (χ1v) is 5.54. The number of hydrogen-bond donors (Lipinski definition) is 3. The lowest BCUT2D eigenvalue weighted by Gasteiger charge is -2.11. The van der Waals surface area contributed by atoms with E-state index in [0.717, 1.165) is 0 Å². The molecule has 0 aliphatic carbocycles. The number of carbonyl (C=O) groups excluding carboxylic acids is 1. The number of nitrogens with one attached hydrogen (secondary N) is 3. The fourth-order valence-corrected chi connectivity index (χ4v) is 1.36. The molecule has 0 aliphatic heterocycles. The SMILES string of the molecule is CC(=O)NCCNC(=S)Nc1ccccc1F. The predicted octanol–water partition coefficient (Wildman–Crippen LogP) is 1.25. The Morgan fingerprint density at radius 1 is 1.29 bits per heavy atom. The lowest BCUT2D eigenvalue weighted by atomic mass is 10.3. The number of para-hydroxylation sites is 1. The van der Waals surface area contributed by atoms with E-state index in [0.29, 0.717) is 23.9 Å². The summed E-state index contributed by atoms with van der Waals surface area (Å²) in [5, 5.41) is 8.52. The molecule has 0 unspecified atom stereocenters. The Balaban J connectivity index is 2.30. The van der Waals surface area contributed by atoms with Crippen molar-refractivity contribution in [2.75, 3.05) is 18.4 Å². The number of carbonyl (C=O) groups is 1. The molecule has 0 fully saturated rings. The Morgan fingerprint density at radius 2 is 1.94 bits per heavy atom. The molecule has 1 aromatic carbocycles. The van der Waals surface area contributed by atoms with Gasteiger partial charge in [-0.25, -0.2) is 4.39 Å². The van der Waals surface area contributed by atoms with E-state index in [4.69, 9.17) is 12.2 Å². The maximum atomic E-state index is 13.2. The maximum absolute atomic E-state index is 13.2. The Labute approximate surface area is 105 Å². The van der Waals surface area contributed by atoms with E-state index >= 15 is 0 Å². The molecule has 4 nitrogen and oxygen atoms in total. The van der Waals surface area contributed by atoms with Crippen LogP contribution in [0.5, 0.6) is 0 Å². The number of benzene rings is 1. The van der Waals surface area contributed by atoms with Crippen LogP contribution in [0.3, 0.4) is 0 Å². The highest BCUT2D eigenvalue weighted by atomic mass is 32.1. The number of halogens is 1. The minimum absolute atomic E-state index is 0.0974. The van der Waals surface area contributed by atoms with Crippen molar-refractivity contribution in [3.63, 3.8) is 0 Å². The van der Waals surface area contributed by atoms with Crippen molar-refractivity contribution in [2.45, 2.75) is 6.92 Å². The van der Waals surface area contributed by atoms with Crippen molar-refractivity contribution in [1.29, 1.82) is 0 Å². The molecule has 0 aliphatic rings. The molecule has 0 radical (unpaired) electrons. The van der Waals surface area contributed by atoms with Gasteiger partial charge in [-0.15, -0.1) is 0 Å². The molecule has 0 spiro atoms. The van der Waals surface area contributed by atoms with E-state index in [9.17, 15) is 9.18 Å². The van der Waals surface area contributed by atoms with E-state index < -0.39 is 0 Å². The average molecular weight is 255 g/mol. The van der Waals surface area contributed by atoms with Gasteiger partial charge in [0, 0.05) is 20.0 Å². The Morgan fingerprint density at radius 3 is 2.59 bits per heavy atom. The van der Waals surface area contributed by atoms with Gasteiger partial charge in [0.2, 0.25) is 5.91 Å². The van der Waals surface area contributed by atoms with Crippen molar-refractivity contribution >= 4 is 28.9 Å². The van der Waals surface area contributed by atoms with Crippen LogP contribution in [-0.4, -0.2) is 24.1 Å². The second-order valence-electron chi connectivity index (χ2n) is 3.34. The summed E-state index contributed by atoms with van der Waals surface area (Å²) in [5.41, 5.74) is 0.324. The highest BCUT2D eigenvalue weighted by Crippen LogP contribution is 2.11. The van der Waals surface area contributed by atoms with Gasteiger partial charge in [0.25, 0.3) is 0 Å². The van der Waals surface area contributed by atoms with Crippen LogP contribution in [-0.2, 0) is 4.79 Å². The van der Waals surface area contributed by atoms with Gasteiger partial charge >= 0.3 is 0 Å². The third kappa shape index (κ3) is 5.26. The van der Waals surface area contributed by atoms with E-state index in [1.54, 1.807) is 18.2 Å². The highest BCUT2D eigenvalue weighted by molar-refractivity contribution is 7.80. The van der Waals surface area contributed by atoms with E-state index in [1.807, 2.05) is 0 Å². The van der Waals surface area contributed by atoms with Gasteiger partial charge < -0.3 is 16.0 Å². The van der Waals surface area contributed by atoms with E-state index in [-0.39, 0.29) is 11.7 Å². The summed E-state index contributed by atoms with van der Waals surface area (Å²) in [5.74, 6) is -0.460. The molecular formula is C11H14FN3OS. The molecule has 0 bridgehead atoms. The third-order valence-electron chi connectivity index (χ3n) is 1.91. The fourth-order valence-electron chi connectivity index (χ4n) is 1.14. The molecular weight excluding hydrogens is 241 g/mol. The van der Waals surface area contributed by atoms with E-state index in [1.165, 1.54) is 13.0 Å². The maximum Gasteiger partial charge on any atom is 0.216 e. The summed E-state index contributed by atoms with van der Waals surface area (Å²) in [6.45, 7) is 2.39. The summed E-state index contributed by atoms with van der Waals surface area (Å²) < 4.78 is 13.2. The first-order chi connectivity index (χ1) is 8.09. The summed E-state index contributed by atoms with van der Waals surface area (Å²) in [6.07, 6.45) is 0. The molecule has 1 rings (SSSR count). The summed E-state index contributed by atoms with van der Waals surface area (Å²) in [7, 11) is 0. The standard InChI is InChI=1S/C11H14FN3OS/c1-8(16)13-6-7-14-11(17)15-10-5-3-2-4-9(10)12/h2-5H,6-7H2,1H3,(H,13,16)(H2,14,15,17). The van der Waals surface area contributed by atoms with Crippen molar-refractivity contribution in [1.82, 2.24) is 10.6 Å². The molecule has 0 heterocycles. The fraction of sp³-hybridized carbons (Fsp3) is 0.273. The molecule has 92 valence electrons. The molecule has 3 N–H and O–H groups in total. The lowest BCUT2D eigenvalue weighted by Crippen LogP contribution is -2.36. The van der Waals surface area contributed by atoms with Crippen LogP contribution in [0.25, 0.3) is 0 Å². The van der Waals surface area contributed by atoms with Gasteiger partial charge in [0.15, 0.2) is 5.11 Å². The highest BCUT2D eigenvalue weighted by Gasteiger charge is 2.01. The average Bonchev–Trinajstić information content (AvgIpc) is 2.27. The number of anilines is 1. The number of amides is 1. The second-order valence-corrected chi connectivity index (χ2v) is 3.75. The molecule has 1 amide bonds. The zero-order valence-electron chi connectivity index (χ0n) is 9.42. The van der Waals surface area contributed by atoms with Crippen LogP contribution in [0.15, 0.2) is 24.3 Å². The largest absolute Gasteiger partial charge is 0.361 e. The third-order valence-corrected chi connectivity index (χ3v) is 2.15. The quantitative estimate of drug-likeness (QED) is 0.560. The van der Waals surface area contributed by atoms with Crippen molar-refractivity contribution in [2.24, 2.45) is 0 Å². The minimum atomic E-state index is -0.362. The van der Waals surface area contributed by atoms with Gasteiger partial charge in [-0.05, 0) is 24.4 Å². The van der Waals surface area contributed by atoms with Gasteiger partial charge in [0.05, 0.1) is 5.69 Å². The molecule has 0 atom stereocenters. The lowest BCUT2D eigenvalue weighted by molar-refractivity contribution is -0.118. The monoisotopic (exact) mass is 255 g/mol. The normalized spacial score (nSPS) is 9.53. The summed E-state index contributed by atoms with van der Waals surface area (Å²) >= 11 is 4.97. The van der Waals surface area contributed by atoms with Gasteiger partial charge in [0.1, 0.15) is 5.82 Å². The van der Waals surface area contributed by atoms with Crippen molar-refractivity contribution < 1.29 is 9.18 Å². The Hall–Kier alpha value is -1.69. The van der Waals surface area contributed by atoms with Gasteiger partial charge in [-0.2, -0.15) is 0 Å². The molecule has 17 heavy (non-hydrogen) atoms. The summed E-state index contributed by atoms with van der Waals surface area (Å²) in [4.78, 5) is 10.6. The van der Waals surface area contributed by atoms with Crippen LogP contribution in [0.1, 0.15) is 6.92 Å². The molecule has 0 aromatic heterocycles. The van der Waals surface area contributed by atoms with Crippen LogP contribution in [0, 0.1) is 5.82 Å². The Bertz CT molecular complexity index is 411. The first-order valence-electron chi connectivity index (χ1n) is 5.13. The number of thiocarbonyl (C=S) groups is 1. The molecule has 6 heteroatoms. The van der Waals surface area contributed by atoms with E-state index in [2.05, 4.69) is 16.0 Å². The first kappa shape index (κ1) is 13.4. The molecule has 0 saturated heterocycles. The van der Waals surface area contributed by atoms with Gasteiger partial charge in [-0.1, -0.05) is 12.1 Å². The minimum Gasteiger partial charge on any atom is -0.361 e. The zero-order chi connectivity index (χ0) is 12.7. The number of hydrogen-bond acceptors (Lipinski definition) is 2. The van der Waals surface area contributed by atoms with Crippen LogP contribution in [0.4, 0.5) is 10.1 Å². The van der Waals surface area contributed by atoms with Crippen molar-refractivity contribution in [3.8, 4) is 0 Å². The molecule has 1 aromatic rings. The Kier molecular flexibility index (Phi) is 5.35. The van der Waals surface area contributed by atoms with Gasteiger partial charge in [-0.3, -0.25) is 4.79 Å². The molecule has 0 saturated carbocycles. The topological polar surface area (TPSA) is 53.2 Å². The van der Waals surface area contributed by atoms with Crippen molar-refractivity contribution in [3.05, 3.63) is 30.1 Å². The van der Waals surface area contributed by atoms with Crippen LogP contribution < -0.4 is 16.0 Å². The van der Waals surface area contributed by atoms with Crippen LogP contribution >= 0.6 is 12.2 Å². The second kappa shape index (κ2) is 6.80. The van der Waals surface area contributed by atoms with Crippen LogP contribution in [0.2, 0.25) is 0 Å².